The minimum atomic E-state index is -0.358. The number of pyridine rings is 1. The normalized spacial score (nSPS) is 27.6. The van der Waals surface area contributed by atoms with Crippen LogP contribution in [0.4, 0.5) is 0 Å². The molecule has 0 aliphatic carbocycles. The molecule has 2 amide bonds. The number of nitrogens with zero attached hydrogens (tertiary/aromatic N) is 3. The molecule has 7 rings (SSSR count). The van der Waals surface area contributed by atoms with Crippen molar-refractivity contribution in [3.05, 3.63) is 90.1 Å². The van der Waals surface area contributed by atoms with Gasteiger partial charge in [-0.15, -0.1) is 6.58 Å². The van der Waals surface area contributed by atoms with E-state index in [-0.39, 0.29) is 23.9 Å². The highest BCUT2D eigenvalue weighted by Gasteiger charge is 2.49. The molecule has 160 valence electrons. The van der Waals surface area contributed by atoms with Gasteiger partial charge < -0.3 is 0 Å². The van der Waals surface area contributed by atoms with Gasteiger partial charge in [0.1, 0.15) is 0 Å². The van der Waals surface area contributed by atoms with Gasteiger partial charge in [0.15, 0.2) is 0 Å². The largest absolute Gasteiger partial charge is 0.297 e. The highest BCUT2D eigenvalue weighted by molar-refractivity contribution is 6.21. The van der Waals surface area contributed by atoms with Crippen LogP contribution >= 0.6 is 0 Å². The molecular weight excluding hydrogens is 398 g/mol. The molecule has 5 heteroatoms. The number of fused-ring (bicyclic) bond motifs is 5. The van der Waals surface area contributed by atoms with Crippen molar-refractivity contribution < 1.29 is 9.59 Å². The summed E-state index contributed by atoms with van der Waals surface area (Å²) in [6.45, 7) is 5.97. The summed E-state index contributed by atoms with van der Waals surface area (Å²) in [6, 6.07) is 16.9. The predicted octanol–water partition coefficient (Wildman–Crippen LogP) is 4.47. The van der Waals surface area contributed by atoms with Gasteiger partial charge in [-0.1, -0.05) is 36.4 Å². The second kappa shape index (κ2) is 7.38. The lowest BCUT2D eigenvalue weighted by molar-refractivity contribution is -0.0186. The lowest BCUT2D eigenvalue weighted by Gasteiger charge is -2.52. The lowest BCUT2D eigenvalue weighted by Crippen LogP contribution is -2.58. The van der Waals surface area contributed by atoms with E-state index in [1.165, 1.54) is 4.90 Å². The number of hydrogen-bond donors (Lipinski definition) is 0. The number of hydrogen-bond acceptors (Lipinski definition) is 4. The van der Waals surface area contributed by atoms with Gasteiger partial charge >= 0.3 is 0 Å². The SMILES string of the molecule is C=C[C@H]1CN2CC[C@H]1C[C@@H]2[C@H](c1ccnc2ccccc12)N1C(=O)c2ccccc2C1=O. The van der Waals surface area contributed by atoms with Gasteiger partial charge in [-0.2, -0.15) is 0 Å². The van der Waals surface area contributed by atoms with Crippen LogP contribution in [0.2, 0.25) is 0 Å². The third kappa shape index (κ3) is 2.77. The number of benzene rings is 2. The summed E-state index contributed by atoms with van der Waals surface area (Å²) in [5.41, 5.74) is 2.88. The van der Waals surface area contributed by atoms with E-state index < -0.39 is 0 Å². The number of amides is 2. The Labute approximate surface area is 187 Å². The van der Waals surface area contributed by atoms with Crippen LogP contribution in [0, 0.1) is 11.8 Å². The van der Waals surface area contributed by atoms with Gasteiger partial charge in [0.05, 0.1) is 22.7 Å². The fourth-order valence-corrected chi connectivity index (χ4v) is 6.06. The molecule has 3 aromatic rings. The Morgan fingerprint density at radius 3 is 2.41 bits per heavy atom. The molecule has 0 radical (unpaired) electrons. The minimum absolute atomic E-state index is 0.0815. The molecule has 0 saturated carbocycles. The minimum Gasteiger partial charge on any atom is -0.297 e. The Morgan fingerprint density at radius 2 is 1.72 bits per heavy atom. The summed E-state index contributed by atoms with van der Waals surface area (Å²) >= 11 is 0. The van der Waals surface area contributed by atoms with Gasteiger partial charge in [-0.3, -0.25) is 24.4 Å². The molecule has 0 spiro atoms. The molecule has 2 bridgehead atoms. The summed E-state index contributed by atoms with van der Waals surface area (Å²) in [7, 11) is 0. The molecule has 5 nitrogen and oxygen atoms in total. The molecule has 32 heavy (non-hydrogen) atoms. The molecule has 2 aromatic carbocycles. The number of piperidine rings is 3. The van der Waals surface area contributed by atoms with E-state index in [2.05, 4.69) is 22.5 Å². The Kier molecular flexibility index (Phi) is 4.47. The maximum absolute atomic E-state index is 13.6. The van der Waals surface area contributed by atoms with Crippen LogP contribution in [0.15, 0.2) is 73.4 Å². The Balaban J connectivity index is 1.52. The summed E-state index contributed by atoms with van der Waals surface area (Å²) in [6.07, 6.45) is 5.96. The molecule has 1 aromatic heterocycles. The van der Waals surface area contributed by atoms with Crippen LogP contribution in [0.1, 0.15) is 45.2 Å². The molecule has 5 atom stereocenters. The molecule has 5 heterocycles. The molecule has 3 fully saturated rings. The summed E-state index contributed by atoms with van der Waals surface area (Å²) in [4.78, 5) is 35.7. The number of imide groups is 1. The van der Waals surface area contributed by atoms with Crippen molar-refractivity contribution in [1.29, 1.82) is 0 Å². The van der Waals surface area contributed by atoms with Crippen LogP contribution in [0.25, 0.3) is 10.9 Å². The topological polar surface area (TPSA) is 53.5 Å². The van der Waals surface area contributed by atoms with E-state index in [0.717, 1.165) is 42.4 Å². The molecule has 4 aliphatic rings. The third-order valence-electron chi connectivity index (χ3n) is 7.62. The van der Waals surface area contributed by atoms with Crippen molar-refractivity contribution in [3.63, 3.8) is 0 Å². The van der Waals surface area contributed by atoms with Gasteiger partial charge in [0.2, 0.25) is 0 Å². The van der Waals surface area contributed by atoms with Crippen molar-refractivity contribution in [3.8, 4) is 0 Å². The quantitative estimate of drug-likeness (QED) is 0.459. The predicted molar refractivity (Wildman–Crippen MR) is 123 cm³/mol. The highest BCUT2D eigenvalue weighted by Crippen LogP contribution is 2.46. The standard InChI is InChI=1S/C27H25N3O2/c1-2-17-16-29-14-12-18(17)15-24(29)25(20-11-13-28-23-10-6-5-7-19(20)23)30-26(31)21-8-3-4-9-22(21)27(30)32/h2-11,13,17-18,24-25H,1,12,14-16H2/t17-,18-,24+,25-/m0/s1. The molecule has 1 unspecified atom stereocenters. The maximum atomic E-state index is 13.6. The van der Waals surface area contributed by atoms with Crippen molar-refractivity contribution in [1.82, 2.24) is 14.8 Å². The monoisotopic (exact) mass is 423 g/mol. The zero-order valence-corrected chi connectivity index (χ0v) is 17.9. The van der Waals surface area contributed by atoms with Gasteiger partial charge in [-0.25, -0.2) is 0 Å². The number of aromatic nitrogens is 1. The van der Waals surface area contributed by atoms with Gasteiger partial charge in [-0.05, 0) is 61.1 Å². The molecule has 0 N–H and O–H groups in total. The average Bonchev–Trinajstić information content (AvgIpc) is 3.10. The van der Waals surface area contributed by atoms with Crippen LogP contribution in [-0.4, -0.2) is 45.7 Å². The average molecular weight is 424 g/mol. The lowest BCUT2D eigenvalue weighted by atomic mass is 9.72. The Morgan fingerprint density at radius 1 is 1.00 bits per heavy atom. The molecule has 4 aliphatic heterocycles. The first kappa shape index (κ1) is 19.4. The number of carbonyl (C=O) groups excluding carboxylic acids is 2. The Bertz CT molecular complexity index is 1210. The fourth-order valence-electron chi connectivity index (χ4n) is 6.06. The van der Waals surface area contributed by atoms with E-state index in [0.29, 0.717) is 23.0 Å². The Hall–Kier alpha value is -3.31. The fraction of sp³-hybridized carbons (Fsp3) is 0.296. The number of rotatable bonds is 4. The first-order valence-electron chi connectivity index (χ1n) is 11.3. The van der Waals surface area contributed by atoms with Crippen LogP contribution in [-0.2, 0) is 0 Å². The maximum Gasteiger partial charge on any atom is 0.262 e. The second-order valence-electron chi connectivity index (χ2n) is 9.13. The van der Waals surface area contributed by atoms with Crippen molar-refractivity contribution >= 4 is 22.7 Å². The summed E-state index contributed by atoms with van der Waals surface area (Å²) in [5, 5.41) is 1.000. The van der Waals surface area contributed by atoms with E-state index >= 15 is 0 Å². The van der Waals surface area contributed by atoms with Crippen LogP contribution < -0.4 is 0 Å². The van der Waals surface area contributed by atoms with Crippen molar-refractivity contribution in [2.24, 2.45) is 11.8 Å². The molecular formula is C27H25N3O2. The molecule has 3 saturated heterocycles. The first-order valence-corrected chi connectivity index (χ1v) is 11.3. The second-order valence-corrected chi connectivity index (χ2v) is 9.13. The van der Waals surface area contributed by atoms with E-state index in [1.54, 1.807) is 18.3 Å². The van der Waals surface area contributed by atoms with Crippen molar-refractivity contribution in [2.75, 3.05) is 13.1 Å². The highest BCUT2D eigenvalue weighted by atomic mass is 16.2. The van der Waals surface area contributed by atoms with Crippen LogP contribution in [0.3, 0.4) is 0 Å². The smallest absolute Gasteiger partial charge is 0.262 e. The zero-order chi connectivity index (χ0) is 21.8. The zero-order valence-electron chi connectivity index (χ0n) is 17.9. The van der Waals surface area contributed by atoms with Crippen molar-refractivity contribution in [2.45, 2.75) is 24.9 Å². The third-order valence-corrected chi connectivity index (χ3v) is 7.62. The first-order chi connectivity index (χ1) is 15.7. The van der Waals surface area contributed by atoms with Gasteiger partial charge in [0, 0.05) is 24.2 Å². The van der Waals surface area contributed by atoms with E-state index in [9.17, 15) is 9.59 Å². The summed E-state index contributed by atoms with van der Waals surface area (Å²) in [5.74, 6) is 0.615. The van der Waals surface area contributed by atoms with Gasteiger partial charge in [0.25, 0.3) is 11.8 Å². The van der Waals surface area contributed by atoms with E-state index in [1.807, 2.05) is 42.5 Å². The number of para-hydroxylation sites is 1. The number of carbonyl (C=O) groups is 2. The van der Waals surface area contributed by atoms with Crippen LogP contribution in [0.5, 0.6) is 0 Å². The summed E-state index contributed by atoms with van der Waals surface area (Å²) < 4.78 is 0. The van der Waals surface area contributed by atoms with E-state index in [4.69, 9.17) is 0 Å².